The van der Waals surface area contributed by atoms with E-state index in [1.54, 1.807) is 0 Å². The Morgan fingerprint density at radius 3 is 3.00 bits per heavy atom. The van der Waals surface area contributed by atoms with Crippen LogP contribution in [0.2, 0.25) is 0 Å². The maximum atomic E-state index is 6.00. The van der Waals surface area contributed by atoms with Gasteiger partial charge < -0.3 is 4.57 Å². The van der Waals surface area contributed by atoms with Gasteiger partial charge in [-0.05, 0) is 50.1 Å². The van der Waals surface area contributed by atoms with Crippen LogP contribution in [0, 0.1) is 6.92 Å². The minimum Gasteiger partial charge on any atom is -0.325 e. The van der Waals surface area contributed by atoms with Crippen molar-refractivity contribution in [3.63, 3.8) is 0 Å². The lowest BCUT2D eigenvalue weighted by molar-refractivity contribution is 0.360. The van der Waals surface area contributed by atoms with Gasteiger partial charge in [-0.2, -0.15) is 11.8 Å². The van der Waals surface area contributed by atoms with Crippen molar-refractivity contribution in [3.05, 3.63) is 29.6 Å². The molecule has 0 saturated heterocycles. The van der Waals surface area contributed by atoms with Gasteiger partial charge in [-0.25, -0.2) is 4.98 Å². The number of fused-ring (bicyclic) bond motifs is 1. The molecule has 2 aromatic rings. The summed E-state index contributed by atoms with van der Waals surface area (Å²) in [6.07, 6.45) is 8.30. The monoisotopic (exact) mass is 322 g/mol. The summed E-state index contributed by atoms with van der Waals surface area (Å²) in [6.45, 7) is 2.16. The Kier molecular flexibility index (Phi) is 4.80. The Bertz CT molecular complexity index is 623. The fourth-order valence-electron chi connectivity index (χ4n) is 3.49. The quantitative estimate of drug-likeness (QED) is 0.739. The topological polar surface area (TPSA) is 17.8 Å². The van der Waals surface area contributed by atoms with Gasteiger partial charge in [-0.3, -0.25) is 0 Å². The standard InChI is InChI=1S/C17H23ClN2S/c1-12-6-7-15-16(10-12)20(17(19-15)8-9-18)13-4-3-5-14(11-13)21-2/h6-7,10,13-14H,3-5,8-9,11H2,1-2H3. The molecule has 3 rings (SSSR count). The first-order chi connectivity index (χ1) is 10.2. The Balaban J connectivity index is 2.05. The number of benzene rings is 1. The predicted molar refractivity (Wildman–Crippen MR) is 93.7 cm³/mol. The normalized spacial score (nSPS) is 22.8. The van der Waals surface area contributed by atoms with E-state index in [-0.39, 0.29) is 0 Å². The van der Waals surface area contributed by atoms with E-state index < -0.39 is 0 Å². The van der Waals surface area contributed by atoms with Crippen LogP contribution in [-0.4, -0.2) is 26.9 Å². The van der Waals surface area contributed by atoms with Crippen molar-refractivity contribution >= 4 is 34.4 Å². The molecule has 0 amide bonds. The first-order valence-corrected chi connectivity index (χ1v) is 9.61. The van der Waals surface area contributed by atoms with Gasteiger partial charge >= 0.3 is 0 Å². The van der Waals surface area contributed by atoms with Crippen molar-refractivity contribution in [2.24, 2.45) is 0 Å². The number of rotatable bonds is 4. The molecule has 0 aliphatic heterocycles. The van der Waals surface area contributed by atoms with E-state index in [4.69, 9.17) is 16.6 Å². The Morgan fingerprint density at radius 1 is 1.38 bits per heavy atom. The summed E-state index contributed by atoms with van der Waals surface area (Å²) in [4.78, 5) is 4.84. The van der Waals surface area contributed by atoms with Gasteiger partial charge in [0.2, 0.25) is 0 Å². The van der Waals surface area contributed by atoms with Crippen LogP contribution in [0.25, 0.3) is 11.0 Å². The van der Waals surface area contributed by atoms with E-state index in [0.29, 0.717) is 11.9 Å². The third kappa shape index (κ3) is 3.09. The lowest BCUT2D eigenvalue weighted by atomic mass is 9.94. The number of imidazole rings is 1. The van der Waals surface area contributed by atoms with E-state index in [2.05, 4.69) is 35.9 Å². The third-order valence-corrected chi connectivity index (χ3v) is 5.82. The van der Waals surface area contributed by atoms with Gasteiger partial charge in [0.25, 0.3) is 0 Å². The summed E-state index contributed by atoms with van der Waals surface area (Å²) in [5.41, 5.74) is 3.71. The predicted octanol–water partition coefficient (Wildman–Crippen LogP) is 4.97. The zero-order valence-corrected chi connectivity index (χ0v) is 14.4. The Labute approximate surface area is 136 Å². The summed E-state index contributed by atoms with van der Waals surface area (Å²) in [7, 11) is 0. The molecule has 0 spiro atoms. The van der Waals surface area contributed by atoms with Crippen LogP contribution in [0.1, 0.15) is 43.1 Å². The summed E-state index contributed by atoms with van der Waals surface area (Å²) < 4.78 is 2.49. The van der Waals surface area contributed by atoms with Crippen molar-refractivity contribution in [2.75, 3.05) is 12.1 Å². The average Bonchev–Trinajstić information content (AvgIpc) is 2.85. The molecule has 114 valence electrons. The number of aromatic nitrogens is 2. The van der Waals surface area contributed by atoms with Gasteiger partial charge in [0.1, 0.15) is 5.82 Å². The number of thioether (sulfide) groups is 1. The number of nitrogens with zero attached hydrogens (tertiary/aromatic N) is 2. The molecule has 21 heavy (non-hydrogen) atoms. The molecule has 0 radical (unpaired) electrons. The van der Waals surface area contributed by atoms with Crippen molar-refractivity contribution in [1.82, 2.24) is 9.55 Å². The molecule has 2 unspecified atom stereocenters. The highest BCUT2D eigenvalue weighted by molar-refractivity contribution is 7.99. The molecule has 2 nitrogen and oxygen atoms in total. The van der Waals surface area contributed by atoms with E-state index in [1.807, 2.05) is 11.8 Å². The van der Waals surface area contributed by atoms with Crippen LogP contribution in [0.3, 0.4) is 0 Å². The van der Waals surface area contributed by atoms with E-state index in [0.717, 1.165) is 23.0 Å². The van der Waals surface area contributed by atoms with Crippen molar-refractivity contribution in [2.45, 2.75) is 50.3 Å². The van der Waals surface area contributed by atoms with Crippen LogP contribution in [0.4, 0.5) is 0 Å². The SMILES string of the molecule is CSC1CCCC(n2c(CCCl)nc3ccc(C)cc32)C1. The van der Waals surface area contributed by atoms with E-state index in [1.165, 1.54) is 36.8 Å². The molecule has 1 aromatic carbocycles. The zero-order chi connectivity index (χ0) is 14.8. The van der Waals surface area contributed by atoms with E-state index in [9.17, 15) is 0 Å². The molecular formula is C17H23ClN2S. The maximum absolute atomic E-state index is 6.00. The summed E-state index contributed by atoms with van der Waals surface area (Å²) in [5, 5.41) is 0.787. The zero-order valence-electron chi connectivity index (χ0n) is 12.8. The third-order valence-electron chi connectivity index (χ3n) is 4.53. The lowest BCUT2D eigenvalue weighted by Crippen LogP contribution is -2.22. The Hall–Kier alpha value is -0.670. The van der Waals surface area contributed by atoms with Gasteiger partial charge in [0.05, 0.1) is 11.0 Å². The second-order valence-corrected chi connectivity index (χ2v) is 7.52. The minimum atomic E-state index is 0.584. The second kappa shape index (κ2) is 6.62. The molecule has 0 N–H and O–H groups in total. The number of halogens is 1. The van der Waals surface area contributed by atoms with Crippen LogP contribution >= 0.6 is 23.4 Å². The van der Waals surface area contributed by atoms with Crippen molar-refractivity contribution in [1.29, 1.82) is 0 Å². The van der Waals surface area contributed by atoms with Gasteiger partial charge in [0, 0.05) is 23.6 Å². The summed E-state index contributed by atoms with van der Waals surface area (Å²) in [5.74, 6) is 1.80. The van der Waals surface area contributed by atoms with Gasteiger partial charge in [-0.1, -0.05) is 12.5 Å². The number of hydrogen-bond donors (Lipinski definition) is 0. The molecule has 1 fully saturated rings. The molecule has 2 atom stereocenters. The number of alkyl halides is 1. The molecule has 1 heterocycles. The Morgan fingerprint density at radius 2 is 2.24 bits per heavy atom. The first-order valence-electron chi connectivity index (χ1n) is 7.79. The molecule has 0 bridgehead atoms. The molecule has 4 heteroatoms. The van der Waals surface area contributed by atoms with Crippen LogP contribution < -0.4 is 0 Å². The smallest absolute Gasteiger partial charge is 0.111 e. The first kappa shape index (κ1) is 15.2. The lowest BCUT2D eigenvalue weighted by Gasteiger charge is -2.30. The molecule has 1 aromatic heterocycles. The van der Waals surface area contributed by atoms with Crippen LogP contribution in [0.15, 0.2) is 18.2 Å². The highest BCUT2D eigenvalue weighted by Gasteiger charge is 2.25. The van der Waals surface area contributed by atoms with Crippen molar-refractivity contribution < 1.29 is 0 Å². The van der Waals surface area contributed by atoms with E-state index >= 15 is 0 Å². The fraction of sp³-hybridized carbons (Fsp3) is 0.588. The van der Waals surface area contributed by atoms with Gasteiger partial charge in [0.15, 0.2) is 0 Å². The average molecular weight is 323 g/mol. The number of hydrogen-bond acceptors (Lipinski definition) is 2. The highest BCUT2D eigenvalue weighted by Crippen LogP contribution is 2.37. The van der Waals surface area contributed by atoms with Crippen molar-refractivity contribution in [3.8, 4) is 0 Å². The van der Waals surface area contributed by atoms with Gasteiger partial charge in [-0.15, -0.1) is 11.6 Å². The largest absolute Gasteiger partial charge is 0.325 e. The fourth-order valence-corrected chi connectivity index (χ4v) is 4.48. The molecule has 1 saturated carbocycles. The minimum absolute atomic E-state index is 0.584. The van der Waals surface area contributed by atoms with Crippen LogP contribution in [0.5, 0.6) is 0 Å². The molecular weight excluding hydrogens is 300 g/mol. The second-order valence-electron chi connectivity index (χ2n) is 6.01. The summed E-state index contributed by atoms with van der Waals surface area (Å²) in [6, 6.07) is 7.16. The summed E-state index contributed by atoms with van der Waals surface area (Å²) >= 11 is 8.02. The highest BCUT2D eigenvalue weighted by atomic mass is 35.5. The maximum Gasteiger partial charge on any atom is 0.111 e. The van der Waals surface area contributed by atoms with Crippen LogP contribution in [-0.2, 0) is 6.42 Å². The molecule has 1 aliphatic rings. The number of aryl methyl sites for hydroxylation is 2. The molecule has 1 aliphatic carbocycles.